The maximum atomic E-state index is 12.5. The molecule has 138 valence electrons. The van der Waals surface area contributed by atoms with Crippen molar-refractivity contribution in [3.63, 3.8) is 0 Å². The van der Waals surface area contributed by atoms with E-state index >= 15 is 0 Å². The van der Waals surface area contributed by atoms with Crippen molar-refractivity contribution in [2.75, 3.05) is 5.32 Å². The molecule has 0 aliphatic heterocycles. The molecule has 0 spiro atoms. The molecule has 0 unspecified atom stereocenters. The van der Waals surface area contributed by atoms with Crippen molar-refractivity contribution in [1.82, 2.24) is 9.78 Å². The zero-order valence-corrected chi connectivity index (χ0v) is 16.1. The molecule has 7 nitrogen and oxygen atoms in total. The highest BCUT2D eigenvalue weighted by atomic mass is 79.9. The molecule has 0 bridgehead atoms. The smallest absolute Gasteiger partial charge is 0.269 e. The Morgan fingerprint density at radius 3 is 2.67 bits per heavy atom. The van der Waals surface area contributed by atoms with Crippen LogP contribution in [0.4, 0.5) is 5.69 Å². The van der Waals surface area contributed by atoms with Crippen LogP contribution in [0.1, 0.15) is 26.4 Å². The number of nitrogens with one attached hydrogen (secondary N) is 1. The third-order valence-corrected chi connectivity index (χ3v) is 4.36. The Balaban J connectivity index is 1.70. The normalized spacial score (nSPS) is 10.4. The first-order valence-electron chi connectivity index (χ1n) is 8.04. The minimum Gasteiger partial charge on any atom is -0.489 e. The lowest BCUT2D eigenvalue weighted by Crippen LogP contribution is -2.20. The Morgan fingerprint density at radius 1 is 1.22 bits per heavy atom. The van der Waals surface area contributed by atoms with Crippen molar-refractivity contribution < 1.29 is 14.3 Å². The van der Waals surface area contributed by atoms with E-state index < -0.39 is 5.91 Å². The molecule has 0 radical (unpaired) electrons. The van der Waals surface area contributed by atoms with Crippen LogP contribution in [0, 0.1) is 0 Å². The first kappa shape index (κ1) is 18.7. The van der Waals surface area contributed by atoms with Gasteiger partial charge in [0.1, 0.15) is 18.1 Å². The standard InChI is InChI=1S/C19H17BrN4O3/c1-24-17(18(21)25)16(10-22-24)23-19(26)13-4-2-3-12(9-13)11-27-15-7-5-14(20)6-8-15/h2-10H,11H2,1H3,(H2,21,25)(H,23,26). The number of amides is 2. The maximum Gasteiger partial charge on any atom is 0.269 e. The van der Waals surface area contributed by atoms with Crippen molar-refractivity contribution in [3.8, 4) is 5.75 Å². The van der Waals surface area contributed by atoms with E-state index in [9.17, 15) is 9.59 Å². The summed E-state index contributed by atoms with van der Waals surface area (Å²) in [5, 5.41) is 6.62. The summed E-state index contributed by atoms with van der Waals surface area (Å²) in [5.74, 6) is -0.299. The summed E-state index contributed by atoms with van der Waals surface area (Å²) in [4.78, 5) is 24.0. The average Bonchev–Trinajstić information content (AvgIpc) is 3.02. The second-order valence-electron chi connectivity index (χ2n) is 5.79. The summed E-state index contributed by atoms with van der Waals surface area (Å²) in [7, 11) is 1.58. The predicted octanol–water partition coefficient (Wildman–Crippen LogP) is 3.11. The van der Waals surface area contributed by atoms with E-state index in [1.807, 2.05) is 30.3 Å². The predicted molar refractivity (Wildman–Crippen MR) is 105 cm³/mol. The van der Waals surface area contributed by atoms with Gasteiger partial charge in [0.25, 0.3) is 11.8 Å². The summed E-state index contributed by atoms with van der Waals surface area (Å²) in [6, 6.07) is 14.5. The first-order valence-corrected chi connectivity index (χ1v) is 8.84. The van der Waals surface area contributed by atoms with Crippen LogP contribution in [0.15, 0.2) is 59.2 Å². The summed E-state index contributed by atoms with van der Waals surface area (Å²) < 4.78 is 8.02. The number of carbonyl (C=O) groups excluding carboxylic acids is 2. The molecule has 3 rings (SSSR count). The number of nitrogens with two attached hydrogens (primary N) is 1. The minimum absolute atomic E-state index is 0.137. The number of halogens is 1. The zero-order valence-electron chi connectivity index (χ0n) is 14.5. The minimum atomic E-state index is -0.665. The molecule has 0 saturated carbocycles. The zero-order chi connectivity index (χ0) is 19.4. The average molecular weight is 429 g/mol. The number of aromatic nitrogens is 2. The summed E-state index contributed by atoms with van der Waals surface area (Å²) in [6.07, 6.45) is 1.39. The van der Waals surface area contributed by atoms with Gasteiger partial charge in [0.2, 0.25) is 0 Å². The van der Waals surface area contributed by atoms with Crippen molar-refractivity contribution >= 4 is 33.4 Å². The van der Waals surface area contributed by atoms with Crippen LogP contribution < -0.4 is 15.8 Å². The van der Waals surface area contributed by atoms with E-state index in [0.717, 1.165) is 15.8 Å². The Labute approximate surface area is 164 Å². The van der Waals surface area contributed by atoms with Gasteiger partial charge in [-0.05, 0) is 42.0 Å². The second kappa shape index (κ2) is 8.05. The summed E-state index contributed by atoms with van der Waals surface area (Å²) >= 11 is 3.37. The topological polar surface area (TPSA) is 99.2 Å². The van der Waals surface area contributed by atoms with Gasteiger partial charge in [-0.15, -0.1) is 0 Å². The SMILES string of the molecule is Cn1ncc(NC(=O)c2cccc(COc3ccc(Br)cc3)c2)c1C(N)=O. The van der Waals surface area contributed by atoms with Crippen LogP contribution >= 0.6 is 15.9 Å². The van der Waals surface area contributed by atoms with Crippen molar-refractivity contribution in [1.29, 1.82) is 0 Å². The van der Waals surface area contributed by atoms with Gasteiger partial charge in [-0.3, -0.25) is 14.3 Å². The monoisotopic (exact) mass is 428 g/mol. The molecule has 3 aromatic rings. The fourth-order valence-electron chi connectivity index (χ4n) is 2.52. The second-order valence-corrected chi connectivity index (χ2v) is 6.71. The van der Waals surface area contributed by atoms with Crippen LogP contribution in [0.2, 0.25) is 0 Å². The fraction of sp³-hybridized carbons (Fsp3) is 0.105. The highest BCUT2D eigenvalue weighted by Gasteiger charge is 2.17. The van der Waals surface area contributed by atoms with Gasteiger partial charge in [-0.1, -0.05) is 28.1 Å². The summed E-state index contributed by atoms with van der Waals surface area (Å²) in [5.41, 5.74) is 7.01. The molecule has 2 amide bonds. The number of aryl methyl sites for hydroxylation is 1. The molecule has 0 aliphatic carbocycles. The Hall–Kier alpha value is -3.13. The van der Waals surface area contributed by atoms with E-state index in [2.05, 4.69) is 26.3 Å². The van der Waals surface area contributed by atoms with Crippen LogP contribution in [0.3, 0.4) is 0 Å². The number of benzene rings is 2. The number of ether oxygens (including phenoxy) is 1. The molecule has 1 heterocycles. The Bertz CT molecular complexity index is 983. The Morgan fingerprint density at radius 2 is 1.96 bits per heavy atom. The largest absolute Gasteiger partial charge is 0.489 e. The van der Waals surface area contributed by atoms with Crippen molar-refractivity contribution in [3.05, 3.63) is 76.0 Å². The highest BCUT2D eigenvalue weighted by molar-refractivity contribution is 9.10. The molecule has 0 aliphatic rings. The molecule has 27 heavy (non-hydrogen) atoms. The first-order chi connectivity index (χ1) is 12.9. The van der Waals surface area contributed by atoms with Crippen LogP contribution in [-0.4, -0.2) is 21.6 Å². The molecule has 3 N–H and O–H groups in total. The number of hydrogen-bond acceptors (Lipinski definition) is 4. The van der Waals surface area contributed by atoms with Crippen LogP contribution in [0.25, 0.3) is 0 Å². The molecule has 2 aromatic carbocycles. The molecular weight excluding hydrogens is 412 g/mol. The maximum absolute atomic E-state index is 12.5. The third-order valence-electron chi connectivity index (χ3n) is 3.83. The Kier molecular flexibility index (Phi) is 5.56. The quantitative estimate of drug-likeness (QED) is 0.629. The van der Waals surface area contributed by atoms with E-state index in [4.69, 9.17) is 10.5 Å². The molecule has 0 atom stereocenters. The lowest BCUT2D eigenvalue weighted by Gasteiger charge is -2.09. The molecular formula is C19H17BrN4O3. The van der Waals surface area contributed by atoms with Gasteiger partial charge in [-0.2, -0.15) is 5.10 Å². The number of rotatable bonds is 6. The number of anilines is 1. The van der Waals surface area contributed by atoms with E-state index in [-0.39, 0.29) is 17.3 Å². The molecule has 0 fully saturated rings. The molecule has 8 heteroatoms. The number of carbonyl (C=O) groups is 2. The van der Waals surface area contributed by atoms with Crippen LogP contribution in [-0.2, 0) is 13.7 Å². The number of nitrogens with zero attached hydrogens (tertiary/aromatic N) is 2. The van der Waals surface area contributed by atoms with Crippen molar-refractivity contribution in [2.24, 2.45) is 12.8 Å². The van der Waals surface area contributed by atoms with Crippen molar-refractivity contribution in [2.45, 2.75) is 6.61 Å². The van der Waals surface area contributed by atoms with E-state index in [1.54, 1.807) is 25.2 Å². The lowest BCUT2D eigenvalue weighted by molar-refractivity contribution is 0.0992. The van der Waals surface area contributed by atoms with E-state index in [1.165, 1.54) is 10.9 Å². The molecule has 0 saturated heterocycles. The molecule has 1 aromatic heterocycles. The summed E-state index contributed by atoms with van der Waals surface area (Å²) in [6.45, 7) is 0.322. The van der Waals surface area contributed by atoms with Crippen LogP contribution in [0.5, 0.6) is 5.75 Å². The third kappa shape index (κ3) is 4.53. The van der Waals surface area contributed by atoms with E-state index in [0.29, 0.717) is 12.2 Å². The van der Waals surface area contributed by atoms with Gasteiger partial charge in [0.15, 0.2) is 0 Å². The number of hydrogen-bond donors (Lipinski definition) is 2. The lowest BCUT2D eigenvalue weighted by atomic mass is 10.1. The van der Waals surface area contributed by atoms with Gasteiger partial charge < -0.3 is 15.8 Å². The fourth-order valence-corrected chi connectivity index (χ4v) is 2.78. The van der Waals surface area contributed by atoms with Gasteiger partial charge in [0.05, 0.1) is 11.9 Å². The highest BCUT2D eigenvalue weighted by Crippen LogP contribution is 2.19. The van der Waals surface area contributed by atoms with Gasteiger partial charge in [-0.25, -0.2) is 0 Å². The van der Waals surface area contributed by atoms with Gasteiger partial charge in [0, 0.05) is 17.1 Å². The number of primary amides is 1. The van der Waals surface area contributed by atoms with Gasteiger partial charge >= 0.3 is 0 Å².